The average molecular weight is 441 g/mol. The number of hydrogen-bond donors (Lipinski definition) is 1. The van der Waals surface area contributed by atoms with Gasteiger partial charge in [-0.25, -0.2) is 22.8 Å². The summed E-state index contributed by atoms with van der Waals surface area (Å²) >= 11 is 0. The van der Waals surface area contributed by atoms with Gasteiger partial charge >= 0.3 is 0 Å². The topological polar surface area (TPSA) is 94.1 Å². The summed E-state index contributed by atoms with van der Waals surface area (Å²) in [4.78, 5) is 12.8. The van der Waals surface area contributed by atoms with E-state index < -0.39 is 15.8 Å². The van der Waals surface area contributed by atoms with Crippen LogP contribution >= 0.6 is 0 Å². The van der Waals surface area contributed by atoms with Gasteiger partial charge in [0.1, 0.15) is 6.33 Å². The first-order valence-corrected chi connectivity index (χ1v) is 11.2. The predicted molar refractivity (Wildman–Crippen MR) is 117 cm³/mol. The van der Waals surface area contributed by atoms with E-state index in [1.165, 1.54) is 25.6 Å². The van der Waals surface area contributed by atoms with E-state index in [4.69, 9.17) is 4.74 Å². The van der Waals surface area contributed by atoms with Gasteiger partial charge in [0, 0.05) is 17.3 Å². The van der Waals surface area contributed by atoms with Crippen LogP contribution in [-0.4, -0.2) is 36.7 Å². The second-order valence-electron chi connectivity index (χ2n) is 6.73. The minimum Gasteiger partial charge on any atom is -0.494 e. The van der Waals surface area contributed by atoms with Gasteiger partial charge in [-0.15, -0.1) is 0 Å². The van der Waals surface area contributed by atoms with Crippen LogP contribution in [0, 0.1) is 24.6 Å². The number of pyridine rings is 1. The molecule has 3 rings (SSSR count). The van der Waals surface area contributed by atoms with Crippen molar-refractivity contribution in [2.24, 2.45) is 0 Å². The van der Waals surface area contributed by atoms with E-state index in [9.17, 15) is 12.8 Å². The largest absolute Gasteiger partial charge is 0.494 e. The van der Waals surface area contributed by atoms with Crippen LogP contribution in [0.25, 0.3) is 11.3 Å². The highest BCUT2D eigenvalue weighted by Crippen LogP contribution is 2.27. The zero-order chi connectivity index (χ0) is 22.6. The Morgan fingerprint density at radius 2 is 1.94 bits per heavy atom. The number of aromatic nitrogens is 3. The first-order valence-electron chi connectivity index (χ1n) is 9.36. The van der Waals surface area contributed by atoms with E-state index in [0.29, 0.717) is 45.9 Å². The molecule has 0 radical (unpaired) electrons. The van der Waals surface area contributed by atoms with Gasteiger partial charge in [-0.05, 0) is 37.6 Å². The quantitative estimate of drug-likeness (QED) is 0.612. The number of rotatable bonds is 5. The van der Waals surface area contributed by atoms with E-state index in [0.717, 1.165) is 6.26 Å². The molecule has 31 heavy (non-hydrogen) atoms. The van der Waals surface area contributed by atoms with Gasteiger partial charge in [-0.2, -0.15) is 0 Å². The van der Waals surface area contributed by atoms with Crippen LogP contribution in [0.1, 0.15) is 29.4 Å². The van der Waals surface area contributed by atoms with Crippen LogP contribution in [-0.2, 0) is 16.4 Å². The summed E-state index contributed by atoms with van der Waals surface area (Å²) in [7, 11) is -2.05. The maximum atomic E-state index is 14.2. The average Bonchev–Trinajstić information content (AvgIpc) is 2.73. The van der Waals surface area contributed by atoms with Gasteiger partial charge in [-0.3, -0.25) is 9.71 Å². The number of anilines is 1. The number of hydrogen-bond acceptors (Lipinski definition) is 6. The molecule has 1 aromatic carbocycles. The van der Waals surface area contributed by atoms with E-state index in [2.05, 4.69) is 31.5 Å². The van der Waals surface area contributed by atoms with Crippen molar-refractivity contribution in [3.05, 3.63) is 65.1 Å². The third kappa shape index (κ3) is 5.35. The number of nitrogens with zero attached hydrogens (tertiary/aromatic N) is 3. The second-order valence-corrected chi connectivity index (χ2v) is 8.48. The summed E-state index contributed by atoms with van der Waals surface area (Å²) < 4.78 is 44.8. The maximum absolute atomic E-state index is 14.2. The number of sulfonamides is 1. The molecule has 0 amide bonds. The van der Waals surface area contributed by atoms with Gasteiger partial charge in [-0.1, -0.05) is 18.8 Å². The minimum atomic E-state index is -3.45. The highest BCUT2D eigenvalue weighted by Gasteiger charge is 2.13. The molecule has 160 valence electrons. The second kappa shape index (κ2) is 9.10. The van der Waals surface area contributed by atoms with E-state index in [-0.39, 0.29) is 5.75 Å². The van der Waals surface area contributed by atoms with E-state index >= 15 is 0 Å². The Kier molecular flexibility index (Phi) is 6.51. The van der Waals surface area contributed by atoms with Crippen LogP contribution in [0.2, 0.25) is 0 Å². The van der Waals surface area contributed by atoms with Gasteiger partial charge in [0.05, 0.1) is 41.7 Å². The van der Waals surface area contributed by atoms with Crippen LogP contribution < -0.4 is 9.46 Å². The fourth-order valence-corrected chi connectivity index (χ4v) is 3.50. The van der Waals surface area contributed by atoms with Crippen molar-refractivity contribution >= 4 is 15.7 Å². The summed E-state index contributed by atoms with van der Waals surface area (Å²) in [5, 5.41) is 0. The number of aryl methyl sites for hydroxylation is 2. The molecule has 1 N–H and O–H groups in total. The smallest absolute Gasteiger partial charge is 0.229 e. The Morgan fingerprint density at radius 3 is 2.58 bits per heavy atom. The van der Waals surface area contributed by atoms with Gasteiger partial charge in [0.15, 0.2) is 11.6 Å². The maximum Gasteiger partial charge on any atom is 0.229 e. The molecular weight excluding hydrogens is 419 g/mol. The molecular formula is C22H21FN4O3S. The van der Waals surface area contributed by atoms with Gasteiger partial charge in [0.2, 0.25) is 10.0 Å². The number of methoxy groups -OCH3 is 1. The van der Waals surface area contributed by atoms with Crippen molar-refractivity contribution in [2.75, 3.05) is 18.1 Å². The normalized spacial score (nSPS) is 10.9. The van der Waals surface area contributed by atoms with Crippen LogP contribution in [0.3, 0.4) is 0 Å². The molecule has 0 fully saturated rings. The van der Waals surface area contributed by atoms with E-state index in [1.807, 2.05) is 6.92 Å². The Morgan fingerprint density at radius 1 is 1.16 bits per heavy atom. The van der Waals surface area contributed by atoms with Crippen molar-refractivity contribution in [1.29, 1.82) is 0 Å². The molecule has 2 aromatic heterocycles. The molecule has 0 saturated heterocycles. The number of benzene rings is 1. The molecule has 3 aromatic rings. The Bertz CT molecular complexity index is 1300. The Hall–Kier alpha value is -3.51. The summed E-state index contributed by atoms with van der Waals surface area (Å²) in [6, 6.07) is 6.19. The summed E-state index contributed by atoms with van der Waals surface area (Å²) in [5.74, 6) is 5.68. The van der Waals surface area contributed by atoms with Crippen LogP contribution in [0.15, 0.2) is 36.8 Å². The molecule has 9 heteroatoms. The molecule has 0 atom stereocenters. The van der Waals surface area contributed by atoms with E-state index in [1.54, 1.807) is 25.3 Å². The van der Waals surface area contributed by atoms with Crippen LogP contribution in [0.4, 0.5) is 10.1 Å². The molecule has 7 nitrogen and oxygen atoms in total. The Labute approximate surface area is 180 Å². The molecule has 0 spiro atoms. The molecule has 2 heterocycles. The Balaban J connectivity index is 2.09. The first-order chi connectivity index (χ1) is 14.7. The highest BCUT2D eigenvalue weighted by atomic mass is 32.2. The van der Waals surface area contributed by atoms with Crippen molar-refractivity contribution in [1.82, 2.24) is 15.0 Å². The highest BCUT2D eigenvalue weighted by molar-refractivity contribution is 7.92. The summed E-state index contributed by atoms with van der Waals surface area (Å²) in [6.07, 6.45) is 4.64. The fraction of sp³-hybridized carbons (Fsp3) is 0.227. The van der Waals surface area contributed by atoms with Crippen molar-refractivity contribution in [2.45, 2.75) is 20.3 Å². The lowest BCUT2D eigenvalue weighted by atomic mass is 10.0. The SMILES string of the molecule is CCc1ncnc(-c2ccc(OC)c(F)c2)c1C#Cc1cnc(C)c(NS(C)(=O)=O)c1. The van der Waals surface area contributed by atoms with Crippen LogP contribution in [0.5, 0.6) is 5.75 Å². The van der Waals surface area contributed by atoms with Crippen molar-refractivity contribution in [3.8, 4) is 28.8 Å². The third-order valence-electron chi connectivity index (χ3n) is 4.40. The predicted octanol–water partition coefficient (Wildman–Crippen LogP) is 3.33. The molecule has 0 aliphatic rings. The molecule has 0 aliphatic heterocycles. The number of ether oxygens (including phenoxy) is 1. The monoisotopic (exact) mass is 440 g/mol. The lowest BCUT2D eigenvalue weighted by Gasteiger charge is -2.09. The molecule has 0 unspecified atom stereocenters. The van der Waals surface area contributed by atoms with Gasteiger partial charge < -0.3 is 4.74 Å². The lowest BCUT2D eigenvalue weighted by molar-refractivity contribution is 0.386. The first kappa shape index (κ1) is 22.2. The third-order valence-corrected chi connectivity index (χ3v) is 4.99. The summed E-state index contributed by atoms with van der Waals surface area (Å²) in [6.45, 7) is 3.63. The number of nitrogens with one attached hydrogen (secondary N) is 1. The standard InChI is InChI=1S/C22H21FN4O3S/c1-5-19-17(8-6-15-10-20(14(2)24-12-15)27-31(4,28)29)22(26-13-25-19)16-7-9-21(30-3)18(23)11-16/h7,9-13,27H,5H2,1-4H3. The van der Waals surface area contributed by atoms with Crippen molar-refractivity contribution < 1.29 is 17.5 Å². The van der Waals surface area contributed by atoms with Crippen molar-refractivity contribution in [3.63, 3.8) is 0 Å². The number of halogens is 1. The summed E-state index contributed by atoms with van der Waals surface area (Å²) in [5.41, 5.74) is 3.71. The molecule has 0 saturated carbocycles. The molecule has 0 bridgehead atoms. The zero-order valence-corrected chi connectivity index (χ0v) is 18.3. The zero-order valence-electron chi connectivity index (χ0n) is 17.5. The fourth-order valence-electron chi connectivity index (χ4n) is 2.89. The van der Waals surface area contributed by atoms with Gasteiger partial charge in [0.25, 0.3) is 0 Å². The lowest BCUT2D eigenvalue weighted by Crippen LogP contribution is -2.11. The molecule has 0 aliphatic carbocycles. The minimum absolute atomic E-state index is 0.137.